The zero-order valence-electron chi connectivity index (χ0n) is 7.60. The minimum atomic E-state index is -0.506. The van der Waals surface area contributed by atoms with Crippen molar-refractivity contribution in [2.45, 2.75) is 12.5 Å². The number of aliphatic hydroxyl groups excluding tert-OH is 1. The molecule has 0 aliphatic carbocycles. The molecule has 0 fully saturated rings. The molecule has 0 aromatic carbocycles. The van der Waals surface area contributed by atoms with Crippen molar-refractivity contribution in [3.05, 3.63) is 24.0 Å². The first kappa shape index (κ1) is 9.95. The third-order valence-corrected chi connectivity index (χ3v) is 1.75. The Hall–Kier alpha value is -1.13. The van der Waals surface area contributed by atoms with Gasteiger partial charge in [0, 0.05) is 19.2 Å². The Bertz CT molecular complexity index is 266. The predicted molar refractivity (Wildman–Crippen MR) is 49.6 cm³/mol. The maximum absolute atomic E-state index is 9.28. The van der Waals surface area contributed by atoms with E-state index in [1.54, 1.807) is 19.5 Å². The highest BCUT2D eigenvalue weighted by Gasteiger charge is 2.03. The van der Waals surface area contributed by atoms with Gasteiger partial charge in [0.1, 0.15) is 5.75 Å². The minimum Gasteiger partial charge on any atom is -0.495 e. The number of pyridine rings is 1. The fraction of sp³-hybridized carbons (Fsp3) is 0.444. The van der Waals surface area contributed by atoms with Crippen LogP contribution in [0.15, 0.2) is 18.5 Å². The molecule has 0 amide bonds. The summed E-state index contributed by atoms with van der Waals surface area (Å²) < 4.78 is 4.99. The van der Waals surface area contributed by atoms with Gasteiger partial charge in [-0.15, -0.1) is 0 Å². The Balaban J connectivity index is 2.66. The summed E-state index contributed by atoms with van der Waals surface area (Å²) in [5.41, 5.74) is 6.22. The summed E-state index contributed by atoms with van der Waals surface area (Å²) in [7, 11) is 1.58. The summed E-state index contributed by atoms with van der Waals surface area (Å²) >= 11 is 0. The van der Waals surface area contributed by atoms with E-state index < -0.39 is 6.10 Å². The van der Waals surface area contributed by atoms with Crippen LogP contribution < -0.4 is 10.5 Å². The Labute approximate surface area is 77.4 Å². The van der Waals surface area contributed by atoms with E-state index >= 15 is 0 Å². The summed E-state index contributed by atoms with van der Waals surface area (Å²) in [6, 6.07) is 1.84. The van der Waals surface area contributed by atoms with Crippen LogP contribution in [0.4, 0.5) is 0 Å². The molecule has 4 heteroatoms. The van der Waals surface area contributed by atoms with Gasteiger partial charge in [-0.2, -0.15) is 0 Å². The highest BCUT2D eigenvalue weighted by Crippen LogP contribution is 2.11. The predicted octanol–water partition coefficient (Wildman–Crippen LogP) is -0.0477. The number of aliphatic hydroxyl groups is 1. The lowest BCUT2D eigenvalue weighted by Gasteiger charge is -2.07. The molecule has 1 aromatic rings. The second-order valence-corrected chi connectivity index (χ2v) is 2.83. The normalized spacial score (nSPS) is 12.5. The molecule has 4 nitrogen and oxygen atoms in total. The molecule has 0 radical (unpaired) electrons. The van der Waals surface area contributed by atoms with Gasteiger partial charge in [0.15, 0.2) is 0 Å². The number of nitrogens with two attached hydrogens (primary N) is 1. The van der Waals surface area contributed by atoms with E-state index in [4.69, 9.17) is 10.5 Å². The third kappa shape index (κ3) is 3.01. The van der Waals surface area contributed by atoms with Gasteiger partial charge in [-0.25, -0.2) is 0 Å². The summed E-state index contributed by atoms with van der Waals surface area (Å²) in [5, 5.41) is 9.28. The Morgan fingerprint density at radius 1 is 1.62 bits per heavy atom. The van der Waals surface area contributed by atoms with E-state index in [-0.39, 0.29) is 6.54 Å². The van der Waals surface area contributed by atoms with Crippen molar-refractivity contribution in [2.24, 2.45) is 5.73 Å². The lowest BCUT2D eigenvalue weighted by molar-refractivity contribution is 0.183. The van der Waals surface area contributed by atoms with Crippen molar-refractivity contribution in [3.63, 3.8) is 0 Å². The van der Waals surface area contributed by atoms with Crippen LogP contribution >= 0.6 is 0 Å². The Morgan fingerprint density at radius 2 is 2.38 bits per heavy atom. The molecule has 1 unspecified atom stereocenters. The molecular weight excluding hydrogens is 168 g/mol. The van der Waals surface area contributed by atoms with E-state index in [0.29, 0.717) is 12.2 Å². The number of aromatic nitrogens is 1. The van der Waals surface area contributed by atoms with Gasteiger partial charge in [0.25, 0.3) is 0 Å². The van der Waals surface area contributed by atoms with Crippen LogP contribution in [0, 0.1) is 0 Å². The summed E-state index contributed by atoms with van der Waals surface area (Å²) in [5.74, 6) is 0.696. The van der Waals surface area contributed by atoms with Crippen LogP contribution in [0.3, 0.4) is 0 Å². The molecule has 1 aromatic heterocycles. The van der Waals surface area contributed by atoms with Crippen molar-refractivity contribution >= 4 is 0 Å². The first-order valence-corrected chi connectivity index (χ1v) is 4.12. The van der Waals surface area contributed by atoms with Crippen molar-refractivity contribution in [2.75, 3.05) is 13.7 Å². The first-order chi connectivity index (χ1) is 6.26. The number of hydrogen-bond acceptors (Lipinski definition) is 4. The highest BCUT2D eigenvalue weighted by atomic mass is 16.5. The molecule has 0 saturated heterocycles. The topological polar surface area (TPSA) is 68.4 Å². The van der Waals surface area contributed by atoms with E-state index in [2.05, 4.69) is 4.98 Å². The van der Waals surface area contributed by atoms with Crippen molar-refractivity contribution < 1.29 is 9.84 Å². The lowest BCUT2D eigenvalue weighted by atomic mass is 10.1. The molecular formula is C9H14N2O2. The molecule has 0 bridgehead atoms. The van der Waals surface area contributed by atoms with Gasteiger partial charge in [-0.3, -0.25) is 4.98 Å². The van der Waals surface area contributed by atoms with Gasteiger partial charge in [-0.05, 0) is 11.6 Å². The Kier molecular flexibility index (Phi) is 3.67. The molecule has 1 atom stereocenters. The van der Waals surface area contributed by atoms with Crippen molar-refractivity contribution in [1.82, 2.24) is 4.98 Å². The fourth-order valence-electron chi connectivity index (χ4n) is 1.04. The molecule has 72 valence electrons. The second-order valence-electron chi connectivity index (χ2n) is 2.83. The van der Waals surface area contributed by atoms with Crippen molar-refractivity contribution in [3.8, 4) is 5.75 Å². The van der Waals surface area contributed by atoms with Gasteiger partial charge >= 0.3 is 0 Å². The summed E-state index contributed by atoms with van der Waals surface area (Å²) in [4.78, 5) is 3.97. The molecule has 0 spiro atoms. The van der Waals surface area contributed by atoms with Crippen LogP contribution in [0.1, 0.15) is 5.56 Å². The average molecular weight is 182 g/mol. The highest BCUT2D eigenvalue weighted by molar-refractivity contribution is 5.23. The molecule has 1 heterocycles. The van der Waals surface area contributed by atoms with Crippen LogP contribution in [0.5, 0.6) is 5.75 Å². The van der Waals surface area contributed by atoms with Crippen LogP contribution in [-0.2, 0) is 6.42 Å². The number of rotatable bonds is 4. The molecule has 0 aliphatic rings. The van der Waals surface area contributed by atoms with Crippen molar-refractivity contribution in [1.29, 1.82) is 0 Å². The van der Waals surface area contributed by atoms with Gasteiger partial charge < -0.3 is 15.6 Å². The minimum absolute atomic E-state index is 0.261. The standard InChI is InChI=1S/C9H14N2O2/c1-13-9-3-7(5-11-6-9)2-8(12)4-10/h3,5-6,8,12H,2,4,10H2,1H3. The zero-order valence-corrected chi connectivity index (χ0v) is 7.60. The maximum atomic E-state index is 9.28. The number of nitrogens with zero attached hydrogens (tertiary/aromatic N) is 1. The summed E-state index contributed by atoms with van der Waals surface area (Å²) in [6.07, 6.45) is 3.33. The van der Waals surface area contributed by atoms with E-state index in [0.717, 1.165) is 5.56 Å². The van der Waals surface area contributed by atoms with E-state index in [1.807, 2.05) is 6.07 Å². The number of hydrogen-bond donors (Lipinski definition) is 2. The van der Waals surface area contributed by atoms with Gasteiger partial charge in [0.05, 0.1) is 19.4 Å². The number of ether oxygens (including phenoxy) is 1. The van der Waals surface area contributed by atoms with Crippen LogP contribution in [0.2, 0.25) is 0 Å². The molecule has 0 saturated carbocycles. The SMILES string of the molecule is COc1cncc(CC(O)CN)c1. The van der Waals surface area contributed by atoms with Crippen LogP contribution in [-0.4, -0.2) is 29.8 Å². The molecule has 13 heavy (non-hydrogen) atoms. The quantitative estimate of drug-likeness (QED) is 0.685. The maximum Gasteiger partial charge on any atom is 0.137 e. The van der Waals surface area contributed by atoms with E-state index in [1.165, 1.54) is 0 Å². The van der Waals surface area contributed by atoms with Gasteiger partial charge in [-0.1, -0.05) is 0 Å². The monoisotopic (exact) mass is 182 g/mol. The second kappa shape index (κ2) is 4.79. The zero-order chi connectivity index (χ0) is 9.68. The largest absolute Gasteiger partial charge is 0.495 e. The average Bonchev–Trinajstić information content (AvgIpc) is 2.18. The first-order valence-electron chi connectivity index (χ1n) is 4.12. The molecule has 0 aliphatic heterocycles. The third-order valence-electron chi connectivity index (χ3n) is 1.75. The molecule has 1 rings (SSSR count). The Morgan fingerprint density at radius 3 is 3.00 bits per heavy atom. The molecule has 3 N–H and O–H groups in total. The summed E-state index contributed by atoms with van der Waals surface area (Å²) in [6.45, 7) is 0.261. The fourth-order valence-corrected chi connectivity index (χ4v) is 1.04. The van der Waals surface area contributed by atoms with E-state index in [9.17, 15) is 5.11 Å². The lowest BCUT2D eigenvalue weighted by Crippen LogP contribution is -2.22. The van der Waals surface area contributed by atoms with Gasteiger partial charge in [0.2, 0.25) is 0 Å². The number of methoxy groups -OCH3 is 1. The van der Waals surface area contributed by atoms with Crippen LogP contribution in [0.25, 0.3) is 0 Å². The smallest absolute Gasteiger partial charge is 0.137 e.